The molecule has 1 N–H and O–H groups in total. The summed E-state index contributed by atoms with van der Waals surface area (Å²) >= 11 is 0. The molecule has 0 aromatic heterocycles. The molecule has 5 nitrogen and oxygen atoms in total. The van der Waals surface area contributed by atoms with Gasteiger partial charge in [-0.1, -0.05) is 0 Å². The standard InChI is InChI=1S/C11H18N2O3/c1-11(2,3)13(10(14)15)9-7-16-5-4-8(9)6-12/h8-9H,4-5,7H2,1-3H3,(H,14,15)/t8-,9+/m0/s1. The Bertz CT molecular complexity index is 303. The van der Waals surface area contributed by atoms with E-state index in [1.54, 1.807) is 0 Å². The molecule has 0 aromatic carbocycles. The lowest BCUT2D eigenvalue weighted by Crippen LogP contribution is -2.56. The summed E-state index contributed by atoms with van der Waals surface area (Å²) < 4.78 is 5.28. The van der Waals surface area contributed by atoms with Gasteiger partial charge in [0.2, 0.25) is 0 Å². The average Bonchev–Trinajstić information content (AvgIpc) is 2.15. The maximum atomic E-state index is 11.3. The Morgan fingerprint density at radius 3 is 2.62 bits per heavy atom. The molecule has 1 fully saturated rings. The van der Waals surface area contributed by atoms with Crippen LogP contribution in [0.2, 0.25) is 0 Å². The molecule has 0 bridgehead atoms. The third-order valence-electron chi connectivity index (χ3n) is 2.75. The molecule has 1 rings (SSSR count). The fourth-order valence-electron chi connectivity index (χ4n) is 2.05. The van der Waals surface area contributed by atoms with Gasteiger partial charge in [-0.25, -0.2) is 4.79 Å². The minimum atomic E-state index is -0.997. The minimum absolute atomic E-state index is 0.274. The summed E-state index contributed by atoms with van der Waals surface area (Å²) in [7, 11) is 0. The second-order valence-corrected chi connectivity index (χ2v) is 4.99. The van der Waals surface area contributed by atoms with E-state index >= 15 is 0 Å². The molecular formula is C11H18N2O3. The van der Waals surface area contributed by atoms with E-state index in [0.29, 0.717) is 19.6 Å². The van der Waals surface area contributed by atoms with E-state index in [2.05, 4.69) is 6.07 Å². The zero-order chi connectivity index (χ0) is 12.3. The minimum Gasteiger partial charge on any atom is -0.465 e. The Hall–Kier alpha value is -1.28. The summed E-state index contributed by atoms with van der Waals surface area (Å²) in [6, 6.07) is 1.81. The molecule has 1 aliphatic rings. The third-order valence-corrected chi connectivity index (χ3v) is 2.75. The number of carbonyl (C=O) groups is 1. The van der Waals surface area contributed by atoms with Gasteiger partial charge in [-0.05, 0) is 27.2 Å². The molecule has 5 heteroatoms. The normalized spacial score (nSPS) is 25.9. The van der Waals surface area contributed by atoms with Crippen LogP contribution in [0.15, 0.2) is 0 Å². The van der Waals surface area contributed by atoms with Gasteiger partial charge in [0.25, 0.3) is 0 Å². The summed E-state index contributed by atoms with van der Waals surface area (Å²) in [5.74, 6) is -0.274. The van der Waals surface area contributed by atoms with Crippen LogP contribution in [0.1, 0.15) is 27.2 Å². The van der Waals surface area contributed by atoms with Gasteiger partial charge in [0.1, 0.15) is 0 Å². The molecule has 0 spiro atoms. The van der Waals surface area contributed by atoms with Crippen LogP contribution in [0.4, 0.5) is 4.79 Å². The van der Waals surface area contributed by atoms with E-state index in [1.807, 2.05) is 20.8 Å². The quantitative estimate of drug-likeness (QED) is 0.738. The molecule has 1 heterocycles. The molecule has 1 amide bonds. The van der Waals surface area contributed by atoms with Crippen LogP contribution in [0.25, 0.3) is 0 Å². The van der Waals surface area contributed by atoms with Crippen LogP contribution in [0, 0.1) is 17.2 Å². The van der Waals surface area contributed by atoms with Gasteiger partial charge >= 0.3 is 6.09 Å². The number of hydrogen-bond donors (Lipinski definition) is 1. The van der Waals surface area contributed by atoms with Gasteiger partial charge in [-0.3, -0.25) is 4.90 Å². The van der Waals surface area contributed by atoms with Crippen LogP contribution >= 0.6 is 0 Å². The molecule has 0 aromatic rings. The van der Waals surface area contributed by atoms with E-state index in [9.17, 15) is 9.90 Å². The second-order valence-electron chi connectivity index (χ2n) is 4.99. The Morgan fingerprint density at radius 1 is 1.56 bits per heavy atom. The van der Waals surface area contributed by atoms with Crippen molar-refractivity contribution in [2.75, 3.05) is 13.2 Å². The lowest BCUT2D eigenvalue weighted by Gasteiger charge is -2.42. The molecule has 0 aliphatic carbocycles. The predicted molar refractivity (Wildman–Crippen MR) is 57.9 cm³/mol. The van der Waals surface area contributed by atoms with Gasteiger partial charge in [0.05, 0.1) is 24.6 Å². The topological polar surface area (TPSA) is 73.6 Å². The Morgan fingerprint density at radius 2 is 2.19 bits per heavy atom. The largest absolute Gasteiger partial charge is 0.465 e. The van der Waals surface area contributed by atoms with Gasteiger partial charge < -0.3 is 9.84 Å². The third kappa shape index (κ3) is 2.64. The SMILES string of the molecule is CC(C)(C)N(C(=O)O)[C@@H]1COCC[C@H]1C#N. The molecular weight excluding hydrogens is 208 g/mol. The Kier molecular flexibility index (Phi) is 3.76. The van der Waals surface area contributed by atoms with E-state index < -0.39 is 11.6 Å². The summed E-state index contributed by atoms with van der Waals surface area (Å²) in [5, 5.41) is 18.3. The van der Waals surface area contributed by atoms with Crippen molar-refractivity contribution in [2.24, 2.45) is 5.92 Å². The summed E-state index contributed by atoms with van der Waals surface area (Å²) in [6.45, 7) is 6.31. The maximum absolute atomic E-state index is 11.3. The van der Waals surface area contributed by atoms with Crippen molar-refractivity contribution in [2.45, 2.75) is 38.8 Å². The molecule has 2 atom stereocenters. The molecule has 0 unspecified atom stereocenters. The highest BCUT2D eigenvalue weighted by Crippen LogP contribution is 2.26. The highest BCUT2D eigenvalue weighted by Gasteiger charge is 2.39. The maximum Gasteiger partial charge on any atom is 0.408 e. The Labute approximate surface area is 95.6 Å². The van der Waals surface area contributed by atoms with Crippen molar-refractivity contribution in [3.63, 3.8) is 0 Å². The first-order chi connectivity index (χ1) is 7.38. The van der Waals surface area contributed by atoms with Gasteiger partial charge in [0.15, 0.2) is 0 Å². The fourth-order valence-corrected chi connectivity index (χ4v) is 2.05. The summed E-state index contributed by atoms with van der Waals surface area (Å²) in [4.78, 5) is 12.6. The van der Waals surface area contributed by atoms with Crippen LogP contribution in [-0.4, -0.2) is 40.9 Å². The first kappa shape index (κ1) is 12.8. The molecule has 1 saturated heterocycles. The van der Waals surface area contributed by atoms with Crippen molar-refractivity contribution in [1.82, 2.24) is 4.90 Å². The number of nitrogens with zero attached hydrogens (tertiary/aromatic N) is 2. The van der Waals surface area contributed by atoms with Crippen LogP contribution < -0.4 is 0 Å². The van der Waals surface area contributed by atoms with E-state index in [4.69, 9.17) is 10.00 Å². The molecule has 16 heavy (non-hydrogen) atoms. The number of carboxylic acid groups (broad SMARTS) is 1. The number of nitriles is 1. The fraction of sp³-hybridized carbons (Fsp3) is 0.818. The summed E-state index contributed by atoms with van der Waals surface area (Å²) in [6.07, 6.45) is -0.399. The van der Waals surface area contributed by atoms with Crippen molar-refractivity contribution in [3.05, 3.63) is 0 Å². The van der Waals surface area contributed by atoms with Crippen LogP contribution in [-0.2, 0) is 4.74 Å². The number of amides is 1. The van der Waals surface area contributed by atoms with Gasteiger partial charge in [-0.15, -0.1) is 0 Å². The monoisotopic (exact) mass is 226 g/mol. The van der Waals surface area contributed by atoms with Gasteiger partial charge in [0, 0.05) is 12.1 Å². The van der Waals surface area contributed by atoms with E-state index in [-0.39, 0.29) is 12.0 Å². The van der Waals surface area contributed by atoms with Gasteiger partial charge in [-0.2, -0.15) is 5.26 Å². The smallest absolute Gasteiger partial charge is 0.408 e. The molecule has 0 saturated carbocycles. The Balaban J connectivity index is 2.93. The highest BCUT2D eigenvalue weighted by atomic mass is 16.5. The number of ether oxygens (including phenoxy) is 1. The van der Waals surface area contributed by atoms with Crippen LogP contribution in [0.3, 0.4) is 0 Å². The van der Waals surface area contributed by atoms with Crippen molar-refractivity contribution in [1.29, 1.82) is 5.26 Å². The van der Waals surface area contributed by atoms with E-state index in [1.165, 1.54) is 4.90 Å². The first-order valence-electron chi connectivity index (χ1n) is 5.37. The zero-order valence-corrected chi connectivity index (χ0v) is 9.93. The van der Waals surface area contributed by atoms with Crippen molar-refractivity contribution >= 4 is 6.09 Å². The van der Waals surface area contributed by atoms with Crippen molar-refractivity contribution < 1.29 is 14.6 Å². The molecule has 1 aliphatic heterocycles. The summed E-state index contributed by atoms with van der Waals surface area (Å²) in [5.41, 5.74) is -0.522. The van der Waals surface area contributed by atoms with Crippen LogP contribution in [0.5, 0.6) is 0 Å². The second kappa shape index (κ2) is 4.71. The average molecular weight is 226 g/mol. The lowest BCUT2D eigenvalue weighted by molar-refractivity contribution is -0.0264. The zero-order valence-electron chi connectivity index (χ0n) is 9.93. The van der Waals surface area contributed by atoms with Crippen molar-refractivity contribution in [3.8, 4) is 6.07 Å². The number of rotatable bonds is 1. The van der Waals surface area contributed by atoms with E-state index in [0.717, 1.165) is 0 Å². The first-order valence-corrected chi connectivity index (χ1v) is 5.37. The predicted octanol–water partition coefficient (Wildman–Crippen LogP) is 1.69. The lowest BCUT2D eigenvalue weighted by atomic mass is 9.91. The number of hydrogen-bond acceptors (Lipinski definition) is 3. The molecule has 90 valence electrons. The molecule has 0 radical (unpaired) electrons. The highest BCUT2D eigenvalue weighted by molar-refractivity contribution is 5.66.